The highest BCUT2D eigenvalue weighted by molar-refractivity contribution is 5.23. The molecule has 3 rings (SSSR count). The molecule has 25 heavy (non-hydrogen) atoms. The van der Waals surface area contributed by atoms with E-state index < -0.39 is 5.60 Å². The van der Waals surface area contributed by atoms with E-state index in [1.165, 1.54) is 24.0 Å². The van der Waals surface area contributed by atoms with Gasteiger partial charge in [-0.25, -0.2) is 0 Å². The molecular formula is C20H29N3O2. The van der Waals surface area contributed by atoms with E-state index in [-0.39, 0.29) is 6.04 Å². The number of rotatable bonds is 6. The molecule has 2 aromatic rings. The van der Waals surface area contributed by atoms with Crippen molar-refractivity contribution >= 4 is 0 Å². The zero-order chi connectivity index (χ0) is 17.9. The zero-order valence-corrected chi connectivity index (χ0v) is 15.5. The van der Waals surface area contributed by atoms with Gasteiger partial charge in [-0.05, 0) is 64.1 Å². The SMILES string of the molecule is Cc1noc([C@@H]2CCCCN2Cc2ccc(CCC(C)(C)O)cc2)n1. The Bertz CT molecular complexity index is 673. The van der Waals surface area contributed by atoms with Crippen molar-refractivity contribution in [1.29, 1.82) is 0 Å². The van der Waals surface area contributed by atoms with E-state index in [4.69, 9.17) is 4.52 Å². The van der Waals surface area contributed by atoms with Crippen molar-refractivity contribution in [3.8, 4) is 0 Å². The van der Waals surface area contributed by atoms with E-state index in [0.717, 1.165) is 38.2 Å². The average molecular weight is 343 g/mol. The van der Waals surface area contributed by atoms with Crippen molar-refractivity contribution in [2.24, 2.45) is 0 Å². The highest BCUT2D eigenvalue weighted by Gasteiger charge is 2.28. The molecule has 0 bridgehead atoms. The first-order valence-corrected chi connectivity index (χ1v) is 9.25. The van der Waals surface area contributed by atoms with Crippen LogP contribution < -0.4 is 0 Å². The summed E-state index contributed by atoms with van der Waals surface area (Å²) in [7, 11) is 0. The summed E-state index contributed by atoms with van der Waals surface area (Å²) in [6.07, 6.45) is 5.17. The molecule has 2 heterocycles. The second kappa shape index (κ2) is 7.67. The summed E-state index contributed by atoms with van der Waals surface area (Å²) in [5, 5.41) is 13.8. The molecule has 0 aliphatic carbocycles. The second-order valence-corrected chi connectivity index (χ2v) is 7.79. The Morgan fingerprint density at radius 1 is 1.20 bits per heavy atom. The summed E-state index contributed by atoms with van der Waals surface area (Å²) < 4.78 is 5.43. The molecule has 0 amide bonds. The van der Waals surface area contributed by atoms with E-state index in [0.29, 0.717) is 5.82 Å². The van der Waals surface area contributed by atoms with Gasteiger partial charge in [-0.3, -0.25) is 4.90 Å². The molecular weight excluding hydrogens is 314 g/mol. The van der Waals surface area contributed by atoms with Gasteiger partial charge in [0.25, 0.3) is 0 Å². The molecule has 1 atom stereocenters. The van der Waals surface area contributed by atoms with Crippen LogP contribution in [-0.4, -0.2) is 32.3 Å². The van der Waals surface area contributed by atoms with Crippen LogP contribution in [0, 0.1) is 6.92 Å². The van der Waals surface area contributed by atoms with Gasteiger partial charge >= 0.3 is 0 Å². The third-order valence-corrected chi connectivity index (χ3v) is 4.88. The fourth-order valence-corrected chi connectivity index (χ4v) is 3.40. The number of aliphatic hydroxyl groups is 1. The topological polar surface area (TPSA) is 62.4 Å². The maximum absolute atomic E-state index is 9.86. The maximum atomic E-state index is 9.86. The first-order valence-electron chi connectivity index (χ1n) is 9.25. The molecule has 0 saturated carbocycles. The van der Waals surface area contributed by atoms with E-state index >= 15 is 0 Å². The van der Waals surface area contributed by atoms with Crippen LogP contribution in [0.4, 0.5) is 0 Å². The van der Waals surface area contributed by atoms with Crippen LogP contribution >= 0.6 is 0 Å². The molecule has 136 valence electrons. The lowest BCUT2D eigenvalue weighted by Crippen LogP contribution is -2.33. The number of hydrogen-bond acceptors (Lipinski definition) is 5. The molecule has 1 saturated heterocycles. The monoisotopic (exact) mass is 343 g/mol. The molecule has 1 aliphatic rings. The predicted octanol–water partition coefficient (Wildman–Crippen LogP) is 3.81. The minimum Gasteiger partial charge on any atom is -0.390 e. The van der Waals surface area contributed by atoms with Gasteiger partial charge in [-0.2, -0.15) is 4.98 Å². The van der Waals surface area contributed by atoms with Crippen molar-refractivity contribution in [1.82, 2.24) is 15.0 Å². The number of likely N-dealkylation sites (tertiary alicyclic amines) is 1. The third kappa shape index (κ3) is 5.13. The summed E-state index contributed by atoms with van der Waals surface area (Å²) in [6.45, 7) is 7.55. The normalized spacial score (nSPS) is 19.3. The molecule has 0 radical (unpaired) electrons. The summed E-state index contributed by atoms with van der Waals surface area (Å²) in [4.78, 5) is 6.89. The smallest absolute Gasteiger partial charge is 0.243 e. The van der Waals surface area contributed by atoms with Gasteiger partial charge in [0.05, 0.1) is 11.6 Å². The van der Waals surface area contributed by atoms with Crippen molar-refractivity contribution in [2.45, 2.75) is 71.1 Å². The van der Waals surface area contributed by atoms with Crippen molar-refractivity contribution in [2.75, 3.05) is 6.54 Å². The lowest BCUT2D eigenvalue weighted by Gasteiger charge is -2.33. The van der Waals surface area contributed by atoms with Crippen molar-refractivity contribution < 1.29 is 9.63 Å². The Balaban J connectivity index is 1.63. The Morgan fingerprint density at radius 2 is 1.92 bits per heavy atom. The third-order valence-electron chi connectivity index (χ3n) is 4.88. The van der Waals surface area contributed by atoms with Crippen LogP contribution in [0.5, 0.6) is 0 Å². The van der Waals surface area contributed by atoms with Crippen LogP contribution in [0.15, 0.2) is 28.8 Å². The molecule has 1 N–H and O–H groups in total. The second-order valence-electron chi connectivity index (χ2n) is 7.79. The highest BCUT2D eigenvalue weighted by Crippen LogP contribution is 2.31. The van der Waals surface area contributed by atoms with Gasteiger partial charge in [-0.1, -0.05) is 35.8 Å². The highest BCUT2D eigenvalue weighted by atomic mass is 16.5. The van der Waals surface area contributed by atoms with Crippen LogP contribution in [0.2, 0.25) is 0 Å². The van der Waals surface area contributed by atoms with Crippen LogP contribution in [0.1, 0.15) is 68.4 Å². The minimum atomic E-state index is -0.609. The fourth-order valence-electron chi connectivity index (χ4n) is 3.40. The Hall–Kier alpha value is -1.72. The number of aromatic nitrogens is 2. The van der Waals surface area contributed by atoms with Gasteiger partial charge in [-0.15, -0.1) is 0 Å². The maximum Gasteiger partial charge on any atom is 0.243 e. The molecule has 5 nitrogen and oxygen atoms in total. The fraction of sp³-hybridized carbons (Fsp3) is 0.600. The summed E-state index contributed by atoms with van der Waals surface area (Å²) >= 11 is 0. The van der Waals surface area contributed by atoms with Gasteiger partial charge in [0.1, 0.15) is 0 Å². The number of hydrogen-bond donors (Lipinski definition) is 1. The summed E-state index contributed by atoms with van der Waals surface area (Å²) in [5.41, 5.74) is 1.96. The van der Waals surface area contributed by atoms with E-state index in [2.05, 4.69) is 39.3 Å². The molecule has 0 unspecified atom stereocenters. The van der Waals surface area contributed by atoms with Crippen molar-refractivity contribution in [3.05, 3.63) is 47.1 Å². The molecule has 1 aromatic carbocycles. The zero-order valence-electron chi connectivity index (χ0n) is 15.5. The molecule has 1 fully saturated rings. The molecule has 0 spiro atoms. The first-order chi connectivity index (χ1) is 11.9. The van der Waals surface area contributed by atoms with Gasteiger partial charge in [0.2, 0.25) is 5.89 Å². The summed E-state index contributed by atoms with van der Waals surface area (Å²) in [5.74, 6) is 1.45. The van der Waals surface area contributed by atoms with Gasteiger partial charge < -0.3 is 9.63 Å². The lowest BCUT2D eigenvalue weighted by atomic mass is 9.97. The number of benzene rings is 1. The van der Waals surface area contributed by atoms with Crippen LogP contribution in [0.25, 0.3) is 0 Å². The van der Waals surface area contributed by atoms with Gasteiger partial charge in [0.15, 0.2) is 5.82 Å². The quantitative estimate of drug-likeness (QED) is 0.864. The number of piperidine rings is 1. The standard InChI is InChI=1S/C20H29N3O2/c1-15-21-19(25-22-15)18-6-4-5-13-23(18)14-17-9-7-16(8-10-17)11-12-20(2,3)24/h7-10,18,24H,4-6,11-14H2,1-3H3/t18-/m0/s1. The van der Waals surface area contributed by atoms with Crippen LogP contribution in [-0.2, 0) is 13.0 Å². The van der Waals surface area contributed by atoms with Gasteiger partial charge in [0, 0.05) is 6.54 Å². The molecule has 5 heteroatoms. The predicted molar refractivity (Wildman–Crippen MR) is 97.1 cm³/mol. The minimum absolute atomic E-state index is 0.227. The molecule has 1 aliphatic heterocycles. The number of nitrogens with zero attached hydrogens (tertiary/aromatic N) is 3. The van der Waals surface area contributed by atoms with E-state index in [1.54, 1.807) is 0 Å². The van der Waals surface area contributed by atoms with Crippen molar-refractivity contribution in [3.63, 3.8) is 0 Å². The summed E-state index contributed by atoms with van der Waals surface area (Å²) in [6, 6.07) is 8.98. The largest absolute Gasteiger partial charge is 0.390 e. The Labute approximate surface area is 150 Å². The van der Waals surface area contributed by atoms with E-state index in [1.807, 2.05) is 20.8 Å². The first kappa shape index (κ1) is 18.1. The number of aryl methyl sites for hydroxylation is 2. The van der Waals surface area contributed by atoms with E-state index in [9.17, 15) is 5.11 Å². The van der Waals surface area contributed by atoms with Crippen LogP contribution in [0.3, 0.4) is 0 Å². The lowest BCUT2D eigenvalue weighted by molar-refractivity contribution is 0.0714. The Morgan fingerprint density at radius 3 is 2.56 bits per heavy atom. The Kier molecular flexibility index (Phi) is 5.54. The average Bonchev–Trinajstić information content (AvgIpc) is 3.00. The molecule has 1 aromatic heterocycles.